The average Bonchev–Trinajstić information content (AvgIpc) is 3.13. The third kappa shape index (κ3) is 7.36. The summed E-state index contributed by atoms with van der Waals surface area (Å²) >= 11 is 0. The van der Waals surface area contributed by atoms with Crippen LogP contribution in [0.2, 0.25) is 0 Å². The van der Waals surface area contributed by atoms with Crippen molar-refractivity contribution in [2.45, 2.75) is 91.0 Å². The molecule has 1 saturated carbocycles. The van der Waals surface area contributed by atoms with Crippen LogP contribution >= 0.6 is 0 Å². The van der Waals surface area contributed by atoms with Crippen LogP contribution in [0.25, 0.3) is 0 Å². The number of nitrogens with two attached hydrogens (primary N) is 1. The Morgan fingerprint density at radius 2 is 1.71 bits per heavy atom. The van der Waals surface area contributed by atoms with Gasteiger partial charge in [0.05, 0.1) is 6.54 Å². The Morgan fingerprint density at radius 3 is 2.19 bits per heavy atom. The summed E-state index contributed by atoms with van der Waals surface area (Å²) in [5.41, 5.74) is 4.12. The van der Waals surface area contributed by atoms with E-state index in [1.54, 1.807) is 20.8 Å². The van der Waals surface area contributed by atoms with Crippen molar-refractivity contribution in [3.8, 4) is 0 Å². The van der Waals surface area contributed by atoms with Gasteiger partial charge in [-0.1, -0.05) is 13.8 Å². The summed E-state index contributed by atoms with van der Waals surface area (Å²) in [5, 5.41) is 0. The molecule has 8 heteroatoms. The zero-order chi connectivity index (χ0) is 23.3. The zero-order valence-corrected chi connectivity index (χ0v) is 19.0. The highest BCUT2D eigenvalue weighted by Crippen LogP contribution is 2.26. The maximum Gasteiger partial charge on any atom is 0.411 e. The highest BCUT2D eigenvalue weighted by atomic mass is 19.1. The van der Waals surface area contributed by atoms with Crippen molar-refractivity contribution in [1.29, 1.82) is 0 Å². The lowest BCUT2D eigenvalue weighted by atomic mass is 10.0. The van der Waals surface area contributed by atoms with Crippen LogP contribution in [0.15, 0.2) is 12.1 Å². The monoisotopic (exact) mass is 440 g/mol. The van der Waals surface area contributed by atoms with Crippen LogP contribution in [0.1, 0.15) is 72.3 Å². The Morgan fingerprint density at radius 1 is 1.16 bits per heavy atom. The molecule has 1 atom stereocenters. The van der Waals surface area contributed by atoms with E-state index in [-0.39, 0.29) is 24.1 Å². The largest absolute Gasteiger partial charge is 0.461 e. The molecular weight excluding hydrogens is 406 g/mol. The molecule has 1 fully saturated rings. The number of anilines is 1. The first-order valence-electron chi connectivity index (χ1n) is 10.8. The van der Waals surface area contributed by atoms with E-state index in [1.807, 2.05) is 13.8 Å². The molecule has 0 saturated heterocycles. The van der Waals surface area contributed by atoms with Gasteiger partial charge in [0.2, 0.25) is 0 Å². The Bertz CT molecular complexity index is 763. The van der Waals surface area contributed by atoms with E-state index < -0.39 is 41.0 Å². The zero-order valence-electron chi connectivity index (χ0n) is 19.0. The minimum atomic E-state index is -0.945. The lowest BCUT2D eigenvalue weighted by Gasteiger charge is -2.34. The second-order valence-electron chi connectivity index (χ2n) is 9.57. The number of amides is 1. The van der Waals surface area contributed by atoms with Gasteiger partial charge in [-0.3, -0.25) is 4.90 Å². The van der Waals surface area contributed by atoms with Gasteiger partial charge in [-0.05, 0) is 76.5 Å². The van der Waals surface area contributed by atoms with Crippen LogP contribution in [0.3, 0.4) is 0 Å². The van der Waals surface area contributed by atoms with E-state index in [4.69, 9.17) is 15.2 Å². The third-order valence-corrected chi connectivity index (χ3v) is 5.05. The summed E-state index contributed by atoms with van der Waals surface area (Å²) in [7, 11) is 0. The number of esters is 1. The number of hydrogen-bond acceptors (Lipinski definition) is 5. The number of nitrogen functional groups attached to an aromatic ring is 1. The van der Waals surface area contributed by atoms with E-state index >= 15 is 0 Å². The lowest BCUT2D eigenvalue weighted by molar-refractivity contribution is -0.156. The maximum absolute atomic E-state index is 14.0. The molecule has 0 heterocycles. The van der Waals surface area contributed by atoms with Crippen molar-refractivity contribution < 1.29 is 27.8 Å². The summed E-state index contributed by atoms with van der Waals surface area (Å²) < 4.78 is 39.2. The van der Waals surface area contributed by atoms with Gasteiger partial charge in [0.25, 0.3) is 0 Å². The molecule has 1 aromatic rings. The molecule has 6 nitrogen and oxygen atoms in total. The number of rotatable bonds is 7. The Hall–Kier alpha value is -2.38. The molecule has 0 bridgehead atoms. The summed E-state index contributed by atoms with van der Waals surface area (Å²) in [4.78, 5) is 27.3. The fourth-order valence-corrected chi connectivity index (χ4v) is 3.59. The Labute approximate surface area is 183 Å². The standard InChI is InChI=1S/C23H34F2N2O4/c1-14(2)10-19(21(28)30-16-8-6-7-9-16)27(22(29)31-23(3,4)5)13-15-11-17(24)20(26)18(25)12-15/h11-12,14,16,19H,6-10,13,26H2,1-5H3/t19-/m0/s1. The first kappa shape index (κ1) is 24.9. The van der Waals surface area contributed by atoms with Crippen molar-refractivity contribution in [3.05, 3.63) is 29.3 Å². The third-order valence-electron chi connectivity index (χ3n) is 5.05. The van der Waals surface area contributed by atoms with E-state index in [1.165, 1.54) is 4.90 Å². The van der Waals surface area contributed by atoms with Gasteiger partial charge in [0.15, 0.2) is 0 Å². The molecular formula is C23H34F2N2O4. The number of carbonyl (C=O) groups excluding carboxylic acids is 2. The fraction of sp³-hybridized carbons (Fsp3) is 0.652. The van der Waals surface area contributed by atoms with Gasteiger partial charge in [0, 0.05) is 0 Å². The average molecular weight is 441 g/mol. The highest BCUT2D eigenvalue weighted by Gasteiger charge is 2.36. The Kier molecular flexibility index (Phi) is 8.26. The predicted octanol–water partition coefficient (Wildman–Crippen LogP) is 5.18. The van der Waals surface area contributed by atoms with E-state index in [9.17, 15) is 18.4 Å². The maximum atomic E-state index is 14.0. The van der Waals surface area contributed by atoms with Crippen LogP contribution in [0.4, 0.5) is 19.3 Å². The van der Waals surface area contributed by atoms with Gasteiger partial charge < -0.3 is 15.2 Å². The second-order valence-corrected chi connectivity index (χ2v) is 9.57. The van der Waals surface area contributed by atoms with Crippen LogP contribution in [-0.4, -0.2) is 34.7 Å². The van der Waals surface area contributed by atoms with Gasteiger partial charge in [0.1, 0.15) is 35.1 Å². The quantitative estimate of drug-likeness (QED) is 0.466. The fourth-order valence-electron chi connectivity index (χ4n) is 3.59. The minimum absolute atomic E-state index is 0.0611. The second kappa shape index (κ2) is 10.3. The summed E-state index contributed by atoms with van der Waals surface area (Å²) in [6.07, 6.45) is 2.97. The number of ether oxygens (including phenoxy) is 2. The topological polar surface area (TPSA) is 81.9 Å². The van der Waals surface area contributed by atoms with Gasteiger partial charge in [-0.25, -0.2) is 18.4 Å². The van der Waals surface area contributed by atoms with E-state index in [0.29, 0.717) is 6.42 Å². The molecule has 0 aromatic heterocycles. The number of carbonyl (C=O) groups is 2. The number of hydrogen-bond donors (Lipinski definition) is 1. The molecule has 174 valence electrons. The molecule has 2 N–H and O–H groups in total. The first-order valence-corrected chi connectivity index (χ1v) is 10.8. The summed E-state index contributed by atoms with van der Waals surface area (Å²) in [6, 6.07) is 1.17. The lowest BCUT2D eigenvalue weighted by Crippen LogP contribution is -2.48. The molecule has 0 spiro atoms. The molecule has 0 radical (unpaired) electrons. The summed E-state index contributed by atoms with van der Waals surface area (Å²) in [6.45, 7) is 8.75. The molecule has 1 aliphatic rings. The van der Waals surface area contributed by atoms with E-state index in [0.717, 1.165) is 37.8 Å². The normalized spacial score (nSPS) is 15.7. The minimum Gasteiger partial charge on any atom is -0.461 e. The molecule has 1 amide bonds. The van der Waals surface area contributed by atoms with Crippen molar-refractivity contribution in [2.24, 2.45) is 5.92 Å². The van der Waals surface area contributed by atoms with Crippen LogP contribution < -0.4 is 5.73 Å². The smallest absolute Gasteiger partial charge is 0.411 e. The SMILES string of the molecule is CC(C)C[C@@H](C(=O)OC1CCCC1)N(Cc1cc(F)c(N)c(F)c1)C(=O)OC(C)(C)C. The van der Waals surface area contributed by atoms with Crippen LogP contribution in [0, 0.1) is 17.6 Å². The molecule has 1 aromatic carbocycles. The van der Waals surface area contributed by atoms with Crippen LogP contribution in [0.5, 0.6) is 0 Å². The van der Waals surface area contributed by atoms with Crippen molar-refractivity contribution >= 4 is 17.7 Å². The number of halogens is 2. The van der Waals surface area contributed by atoms with Gasteiger partial charge >= 0.3 is 12.1 Å². The van der Waals surface area contributed by atoms with Crippen LogP contribution in [-0.2, 0) is 20.8 Å². The molecule has 0 aliphatic heterocycles. The van der Waals surface area contributed by atoms with Gasteiger partial charge in [-0.15, -0.1) is 0 Å². The predicted molar refractivity (Wildman–Crippen MR) is 114 cm³/mol. The first-order chi connectivity index (χ1) is 14.4. The van der Waals surface area contributed by atoms with Gasteiger partial charge in [-0.2, -0.15) is 0 Å². The number of nitrogens with zero attached hydrogens (tertiary/aromatic N) is 1. The van der Waals surface area contributed by atoms with Crippen molar-refractivity contribution in [2.75, 3.05) is 5.73 Å². The van der Waals surface area contributed by atoms with Crippen molar-refractivity contribution in [3.63, 3.8) is 0 Å². The molecule has 31 heavy (non-hydrogen) atoms. The Balaban J connectivity index is 2.37. The van der Waals surface area contributed by atoms with E-state index in [2.05, 4.69) is 0 Å². The molecule has 2 rings (SSSR count). The van der Waals surface area contributed by atoms with Crippen molar-refractivity contribution in [1.82, 2.24) is 4.90 Å². The summed E-state index contributed by atoms with van der Waals surface area (Å²) in [5.74, 6) is -2.31. The molecule has 1 aliphatic carbocycles. The molecule has 0 unspecified atom stereocenters. The highest BCUT2D eigenvalue weighted by molar-refractivity contribution is 5.81. The number of benzene rings is 1.